The average Bonchev–Trinajstić information content (AvgIpc) is 2.73. The van der Waals surface area contributed by atoms with Crippen molar-refractivity contribution in [2.24, 2.45) is 0 Å². The lowest BCUT2D eigenvalue weighted by atomic mass is 10.1. The Kier molecular flexibility index (Phi) is 5.29. The molecule has 1 N–H and O–H groups in total. The van der Waals surface area contributed by atoms with Crippen molar-refractivity contribution in [2.45, 2.75) is 25.8 Å². The zero-order valence-corrected chi connectivity index (χ0v) is 15.8. The number of benzene rings is 3. The summed E-state index contributed by atoms with van der Waals surface area (Å²) >= 11 is 0. The predicted molar refractivity (Wildman–Crippen MR) is 113 cm³/mol. The van der Waals surface area contributed by atoms with Crippen LogP contribution < -0.4 is 5.32 Å². The van der Waals surface area contributed by atoms with Crippen LogP contribution in [0.15, 0.2) is 78.9 Å². The molecule has 0 aliphatic heterocycles. The molecule has 4 heteroatoms. The number of rotatable bonds is 6. The summed E-state index contributed by atoms with van der Waals surface area (Å²) in [6, 6.07) is 25.1. The minimum absolute atomic E-state index is 0.215. The minimum atomic E-state index is -0.319. The smallest absolute Gasteiger partial charge is 0.165 e. The van der Waals surface area contributed by atoms with Gasteiger partial charge < -0.3 is 5.32 Å². The van der Waals surface area contributed by atoms with E-state index in [1.54, 1.807) is 18.2 Å². The average molecular weight is 371 g/mol. The number of aryl methyl sites for hydroxylation is 1. The highest BCUT2D eigenvalue weighted by atomic mass is 19.1. The highest BCUT2D eigenvalue weighted by Crippen LogP contribution is 2.27. The van der Waals surface area contributed by atoms with Gasteiger partial charge in [-0.2, -0.15) is 0 Å². The molecule has 0 saturated carbocycles. The van der Waals surface area contributed by atoms with Crippen molar-refractivity contribution >= 4 is 16.7 Å². The minimum Gasteiger partial charge on any atom is -0.367 e. The van der Waals surface area contributed by atoms with Crippen LogP contribution >= 0.6 is 0 Å². The third-order valence-electron chi connectivity index (χ3n) is 4.81. The highest BCUT2D eigenvalue weighted by Gasteiger charge is 2.13. The molecule has 0 aliphatic rings. The second-order valence-corrected chi connectivity index (χ2v) is 6.96. The number of fused-ring (bicyclic) bond motifs is 1. The fourth-order valence-corrected chi connectivity index (χ4v) is 3.28. The fraction of sp³-hybridized carbons (Fsp3) is 0.167. The molecule has 0 amide bonds. The molecule has 0 saturated heterocycles. The zero-order valence-electron chi connectivity index (χ0n) is 15.8. The highest BCUT2D eigenvalue weighted by molar-refractivity contribution is 5.90. The van der Waals surface area contributed by atoms with Gasteiger partial charge in [0.05, 0.1) is 11.1 Å². The maximum atomic E-state index is 14.3. The fourth-order valence-electron chi connectivity index (χ4n) is 3.28. The van der Waals surface area contributed by atoms with Gasteiger partial charge in [0.25, 0.3) is 0 Å². The van der Waals surface area contributed by atoms with Crippen LogP contribution in [0.2, 0.25) is 0 Å². The van der Waals surface area contributed by atoms with Crippen LogP contribution in [-0.4, -0.2) is 16.0 Å². The summed E-state index contributed by atoms with van der Waals surface area (Å²) < 4.78 is 14.3. The first kappa shape index (κ1) is 18.1. The molecule has 28 heavy (non-hydrogen) atoms. The van der Waals surface area contributed by atoms with Crippen LogP contribution in [0.1, 0.15) is 18.9 Å². The molecule has 1 unspecified atom stereocenters. The molecule has 0 bridgehead atoms. The molecule has 0 radical (unpaired) electrons. The Morgan fingerprint density at radius 3 is 2.39 bits per heavy atom. The summed E-state index contributed by atoms with van der Waals surface area (Å²) in [6.07, 6.45) is 1.95. The van der Waals surface area contributed by atoms with Crippen molar-refractivity contribution in [1.29, 1.82) is 0 Å². The number of para-hydroxylation sites is 1. The van der Waals surface area contributed by atoms with E-state index in [2.05, 4.69) is 46.5 Å². The number of hydrogen-bond donors (Lipinski definition) is 1. The van der Waals surface area contributed by atoms with E-state index in [9.17, 15) is 4.39 Å². The van der Waals surface area contributed by atoms with Crippen LogP contribution in [0, 0.1) is 5.82 Å². The van der Waals surface area contributed by atoms with Gasteiger partial charge >= 0.3 is 0 Å². The van der Waals surface area contributed by atoms with E-state index >= 15 is 0 Å². The Labute approximate surface area is 164 Å². The maximum Gasteiger partial charge on any atom is 0.165 e. The molecule has 0 spiro atoms. The third-order valence-corrected chi connectivity index (χ3v) is 4.81. The summed E-state index contributed by atoms with van der Waals surface area (Å²) in [4.78, 5) is 9.24. The molecule has 4 rings (SSSR count). The predicted octanol–water partition coefficient (Wildman–Crippen LogP) is 5.87. The molecule has 1 atom stereocenters. The number of nitrogens with one attached hydrogen (secondary N) is 1. The van der Waals surface area contributed by atoms with E-state index in [-0.39, 0.29) is 11.9 Å². The lowest BCUT2D eigenvalue weighted by Crippen LogP contribution is -2.17. The maximum absolute atomic E-state index is 14.3. The van der Waals surface area contributed by atoms with Gasteiger partial charge in [0, 0.05) is 11.4 Å². The van der Waals surface area contributed by atoms with E-state index in [4.69, 9.17) is 0 Å². The molecule has 0 aliphatic carbocycles. The van der Waals surface area contributed by atoms with Gasteiger partial charge in [0.15, 0.2) is 5.82 Å². The molecule has 3 nitrogen and oxygen atoms in total. The molecule has 4 aromatic rings. The Balaban J connectivity index is 1.63. The van der Waals surface area contributed by atoms with Crippen molar-refractivity contribution in [3.05, 3.63) is 90.2 Å². The van der Waals surface area contributed by atoms with Gasteiger partial charge in [-0.15, -0.1) is 0 Å². The van der Waals surface area contributed by atoms with Crippen LogP contribution in [0.5, 0.6) is 0 Å². The van der Waals surface area contributed by atoms with Crippen molar-refractivity contribution < 1.29 is 4.39 Å². The number of aromatic nitrogens is 2. The first-order valence-corrected chi connectivity index (χ1v) is 9.53. The van der Waals surface area contributed by atoms with Gasteiger partial charge in [-0.1, -0.05) is 54.6 Å². The molecule has 3 aromatic carbocycles. The topological polar surface area (TPSA) is 37.8 Å². The van der Waals surface area contributed by atoms with Crippen molar-refractivity contribution in [2.75, 3.05) is 5.32 Å². The Morgan fingerprint density at radius 1 is 0.857 bits per heavy atom. The lowest BCUT2D eigenvalue weighted by Gasteiger charge is -2.17. The number of hydrogen-bond acceptors (Lipinski definition) is 3. The van der Waals surface area contributed by atoms with E-state index in [1.165, 1.54) is 11.6 Å². The van der Waals surface area contributed by atoms with Crippen LogP contribution in [0.3, 0.4) is 0 Å². The standard InChI is InChI=1S/C24H22FN3/c1-17(15-16-18-9-3-2-4-10-18)26-24-20-12-6-8-14-22(20)27-23(28-24)19-11-5-7-13-21(19)25/h2-14,17H,15-16H2,1H3,(H,26,27,28). The number of anilines is 1. The second-order valence-electron chi connectivity index (χ2n) is 6.96. The molecule has 1 aromatic heterocycles. The van der Waals surface area contributed by atoms with Gasteiger partial charge in [-0.05, 0) is 49.6 Å². The van der Waals surface area contributed by atoms with Crippen LogP contribution in [0.25, 0.3) is 22.3 Å². The molecule has 1 heterocycles. The first-order chi connectivity index (χ1) is 13.7. The van der Waals surface area contributed by atoms with E-state index in [0.29, 0.717) is 11.4 Å². The monoisotopic (exact) mass is 371 g/mol. The summed E-state index contributed by atoms with van der Waals surface area (Å²) in [6.45, 7) is 2.14. The quantitative estimate of drug-likeness (QED) is 0.461. The molecular formula is C24H22FN3. The van der Waals surface area contributed by atoms with E-state index in [1.807, 2.05) is 30.3 Å². The largest absolute Gasteiger partial charge is 0.367 e. The molecule has 140 valence electrons. The number of halogens is 1. The van der Waals surface area contributed by atoms with Crippen molar-refractivity contribution in [3.8, 4) is 11.4 Å². The lowest BCUT2D eigenvalue weighted by molar-refractivity contribution is 0.630. The summed E-state index contributed by atoms with van der Waals surface area (Å²) in [5.74, 6) is 0.819. The van der Waals surface area contributed by atoms with Crippen molar-refractivity contribution in [3.63, 3.8) is 0 Å². The van der Waals surface area contributed by atoms with Gasteiger partial charge in [-0.25, -0.2) is 14.4 Å². The Hall–Kier alpha value is -3.27. The summed E-state index contributed by atoms with van der Waals surface area (Å²) in [5, 5.41) is 4.45. The first-order valence-electron chi connectivity index (χ1n) is 9.53. The van der Waals surface area contributed by atoms with E-state index < -0.39 is 0 Å². The Morgan fingerprint density at radius 2 is 1.57 bits per heavy atom. The van der Waals surface area contributed by atoms with Crippen LogP contribution in [0.4, 0.5) is 10.2 Å². The van der Waals surface area contributed by atoms with Crippen LogP contribution in [-0.2, 0) is 6.42 Å². The molecular weight excluding hydrogens is 349 g/mol. The van der Waals surface area contributed by atoms with Gasteiger partial charge in [-0.3, -0.25) is 0 Å². The summed E-state index contributed by atoms with van der Waals surface area (Å²) in [7, 11) is 0. The third kappa shape index (κ3) is 4.01. The second kappa shape index (κ2) is 8.17. The zero-order chi connectivity index (χ0) is 19.3. The van der Waals surface area contributed by atoms with Crippen molar-refractivity contribution in [1.82, 2.24) is 9.97 Å². The van der Waals surface area contributed by atoms with Gasteiger partial charge in [0.2, 0.25) is 0 Å². The SMILES string of the molecule is CC(CCc1ccccc1)Nc1nc(-c2ccccc2F)nc2ccccc12. The van der Waals surface area contributed by atoms with Gasteiger partial charge in [0.1, 0.15) is 11.6 Å². The Bertz CT molecular complexity index is 1080. The molecule has 0 fully saturated rings. The summed E-state index contributed by atoms with van der Waals surface area (Å²) in [5.41, 5.74) is 2.53. The normalized spacial score (nSPS) is 12.1. The van der Waals surface area contributed by atoms with E-state index in [0.717, 1.165) is 29.6 Å². The number of nitrogens with zero attached hydrogens (tertiary/aromatic N) is 2.